The van der Waals surface area contributed by atoms with Gasteiger partial charge in [0.25, 0.3) is 15.9 Å². The van der Waals surface area contributed by atoms with Gasteiger partial charge in [-0.05, 0) is 55.2 Å². The topological polar surface area (TPSA) is 75.3 Å². The standard InChI is InChI=1S/C24H26N2O3S/c1-17-12-14-21(15-13-17)30(28,29)26-23-11-7-10-22(19(23)3)24(27)25-16-18(2)20-8-5-4-6-9-20/h4-15,18,26H,16H2,1-3H3,(H,25,27)/t18-/m1/s1. The van der Waals surface area contributed by atoms with E-state index in [1.165, 1.54) is 0 Å². The van der Waals surface area contributed by atoms with Gasteiger partial charge in [0.05, 0.1) is 10.6 Å². The lowest BCUT2D eigenvalue weighted by molar-refractivity contribution is 0.0951. The lowest BCUT2D eigenvalue weighted by Crippen LogP contribution is -2.28. The van der Waals surface area contributed by atoms with Crippen molar-refractivity contribution in [2.24, 2.45) is 0 Å². The largest absolute Gasteiger partial charge is 0.351 e. The molecular weight excluding hydrogens is 396 g/mol. The molecule has 30 heavy (non-hydrogen) atoms. The predicted molar refractivity (Wildman–Crippen MR) is 120 cm³/mol. The van der Waals surface area contributed by atoms with Crippen molar-refractivity contribution in [3.8, 4) is 0 Å². The average molecular weight is 423 g/mol. The van der Waals surface area contributed by atoms with Crippen molar-refractivity contribution < 1.29 is 13.2 Å². The van der Waals surface area contributed by atoms with Gasteiger partial charge in [0.2, 0.25) is 0 Å². The molecule has 0 saturated carbocycles. The maximum atomic E-state index is 12.7. The second kappa shape index (κ2) is 9.13. The quantitative estimate of drug-likeness (QED) is 0.583. The summed E-state index contributed by atoms with van der Waals surface area (Å²) in [5, 5.41) is 2.95. The van der Waals surface area contributed by atoms with Gasteiger partial charge in [-0.3, -0.25) is 9.52 Å². The van der Waals surface area contributed by atoms with Crippen LogP contribution in [0.15, 0.2) is 77.7 Å². The second-order valence-corrected chi connectivity index (χ2v) is 9.10. The first kappa shape index (κ1) is 21.6. The summed E-state index contributed by atoms with van der Waals surface area (Å²) in [5.74, 6) is -0.0645. The Balaban J connectivity index is 1.74. The summed E-state index contributed by atoms with van der Waals surface area (Å²) in [5.41, 5.74) is 3.54. The Labute approximate surface area is 178 Å². The zero-order valence-electron chi connectivity index (χ0n) is 17.3. The van der Waals surface area contributed by atoms with E-state index < -0.39 is 10.0 Å². The zero-order chi connectivity index (χ0) is 21.7. The number of benzene rings is 3. The molecule has 1 atom stereocenters. The number of anilines is 1. The van der Waals surface area contributed by atoms with E-state index in [1.807, 2.05) is 37.3 Å². The molecule has 5 nitrogen and oxygen atoms in total. The summed E-state index contributed by atoms with van der Waals surface area (Å²) >= 11 is 0. The average Bonchev–Trinajstić information content (AvgIpc) is 2.74. The van der Waals surface area contributed by atoms with Crippen LogP contribution in [0.5, 0.6) is 0 Å². The first-order valence-electron chi connectivity index (χ1n) is 9.80. The minimum Gasteiger partial charge on any atom is -0.351 e. The van der Waals surface area contributed by atoms with Crippen molar-refractivity contribution in [3.05, 3.63) is 95.1 Å². The number of carbonyl (C=O) groups excluding carboxylic acids is 1. The van der Waals surface area contributed by atoms with E-state index in [2.05, 4.69) is 17.0 Å². The molecule has 0 aliphatic heterocycles. The highest BCUT2D eigenvalue weighted by Gasteiger charge is 2.18. The van der Waals surface area contributed by atoms with Crippen molar-refractivity contribution in [2.75, 3.05) is 11.3 Å². The van der Waals surface area contributed by atoms with Gasteiger partial charge < -0.3 is 5.32 Å². The number of rotatable bonds is 7. The molecule has 3 aromatic carbocycles. The van der Waals surface area contributed by atoms with E-state index in [1.54, 1.807) is 49.4 Å². The second-order valence-electron chi connectivity index (χ2n) is 7.42. The van der Waals surface area contributed by atoms with E-state index in [9.17, 15) is 13.2 Å². The molecule has 0 fully saturated rings. The number of hydrogen-bond donors (Lipinski definition) is 2. The molecule has 0 spiro atoms. The molecule has 2 N–H and O–H groups in total. The van der Waals surface area contributed by atoms with Crippen molar-refractivity contribution in [1.82, 2.24) is 5.32 Å². The monoisotopic (exact) mass is 422 g/mol. The van der Waals surface area contributed by atoms with Crippen molar-refractivity contribution in [2.45, 2.75) is 31.6 Å². The summed E-state index contributed by atoms with van der Waals surface area (Å²) in [4.78, 5) is 12.9. The van der Waals surface area contributed by atoms with Crippen LogP contribution in [0, 0.1) is 13.8 Å². The molecule has 0 saturated heterocycles. The van der Waals surface area contributed by atoms with Crippen molar-refractivity contribution >= 4 is 21.6 Å². The van der Waals surface area contributed by atoms with Gasteiger partial charge in [0.1, 0.15) is 0 Å². The third kappa shape index (κ3) is 5.07. The smallest absolute Gasteiger partial charge is 0.261 e. The first-order valence-corrected chi connectivity index (χ1v) is 11.3. The molecule has 0 aliphatic carbocycles. The molecule has 0 unspecified atom stereocenters. The van der Waals surface area contributed by atoms with Gasteiger partial charge in [0, 0.05) is 12.1 Å². The summed E-state index contributed by atoms with van der Waals surface area (Å²) in [6, 6.07) is 21.6. The predicted octanol–water partition coefficient (Wildman–Crippen LogP) is 4.64. The molecule has 3 aromatic rings. The van der Waals surface area contributed by atoms with Crippen molar-refractivity contribution in [3.63, 3.8) is 0 Å². The van der Waals surface area contributed by atoms with Crippen LogP contribution >= 0.6 is 0 Å². The van der Waals surface area contributed by atoms with E-state index in [0.29, 0.717) is 23.4 Å². The van der Waals surface area contributed by atoms with Crippen LogP contribution in [-0.2, 0) is 10.0 Å². The summed E-state index contributed by atoms with van der Waals surface area (Å²) < 4.78 is 28.0. The Kier molecular flexibility index (Phi) is 6.57. The fourth-order valence-corrected chi connectivity index (χ4v) is 4.28. The Morgan fingerprint density at radius 1 is 0.900 bits per heavy atom. The van der Waals surface area contributed by atoms with Crippen LogP contribution in [0.25, 0.3) is 0 Å². The minimum atomic E-state index is -3.74. The van der Waals surface area contributed by atoms with Crippen molar-refractivity contribution in [1.29, 1.82) is 0 Å². The van der Waals surface area contributed by atoms with Crippen LogP contribution in [0.3, 0.4) is 0 Å². The molecule has 0 radical (unpaired) electrons. The zero-order valence-corrected chi connectivity index (χ0v) is 18.2. The van der Waals surface area contributed by atoms with Gasteiger partial charge >= 0.3 is 0 Å². The normalized spacial score (nSPS) is 12.2. The Morgan fingerprint density at radius 3 is 2.23 bits per heavy atom. The Hall–Kier alpha value is -3.12. The lowest BCUT2D eigenvalue weighted by atomic mass is 10.0. The SMILES string of the molecule is Cc1ccc(S(=O)(=O)Nc2cccc(C(=O)NC[C@@H](C)c3ccccc3)c2C)cc1. The first-order chi connectivity index (χ1) is 14.3. The van der Waals surface area contributed by atoms with Crippen LogP contribution in [0.4, 0.5) is 5.69 Å². The van der Waals surface area contributed by atoms with Gasteiger partial charge in [-0.25, -0.2) is 8.42 Å². The summed E-state index contributed by atoms with van der Waals surface area (Å²) in [6.45, 7) is 6.17. The van der Waals surface area contributed by atoms with Gasteiger partial charge in [-0.1, -0.05) is 61.0 Å². The molecule has 0 bridgehead atoms. The fourth-order valence-electron chi connectivity index (χ4n) is 3.15. The molecule has 1 amide bonds. The molecule has 156 valence electrons. The summed E-state index contributed by atoms with van der Waals surface area (Å²) in [7, 11) is -3.74. The molecule has 0 aliphatic rings. The summed E-state index contributed by atoms with van der Waals surface area (Å²) in [6.07, 6.45) is 0. The number of carbonyl (C=O) groups is 1. The Bertz CT molecular complexity index is 1120. The highest BCUT2D eigenvalue weighted by Crippen LogP contribution is 2.23. The van der Waals surface area contributed by atoms with Crippen LogP contribution in [-0.4, -0.2) is 20.9 Å². The van der Waals surface area contributed by atoms with Crippen LogP contribution in [0.2, 0.25) is 0 Å². The molecule has 6 heteroatoms. The maximum Gasteiger partial charge on any atom is 0.261 e. The number of amides is 1. The molecule has 0 heterocycles. The molecule has 0 aromatic heterocycles. The number of sulfonamides is 1. The molecule has 3 rings (SSSR count). The third-order valence-electron chi connectivity index (χ3n) is 5.09. The number of hydrogen-bond acceptors (Lipinski definition) is 3. The highest BCUT2D eigenvalue weighted by molar-refractivity contribution is 7.92. The van der Waals surface area contributed by atoms with E-state index >= 15 is 0 Å². The lowest BCUT2D eigenvalue weighted by Gasteiger charge is -2.16. The van der Waals surface area contributed by atoms with E-state index in [-0.39, 0.29) is 16.7 Å². The molecular formula is C24H26N2O3S. The van der Waals surface area contributed by atoms with Gasteiger partial charge in [0.15, 0.2) is 0 Å². The van der Waals surface area contributed by atoms with Crippen LogP contribution in [0.1, 0.15) is 39.9 Å². The van der Waals surface area contributed by atoms with Gasteiger partial charge in [-0.15, -0.1) is 0 Å². The van der Waals surface area contributed by atoms with E-state index in [4.69, 9.17) is 0 Å². The van der Waals surface area contributed by atoms with Crippen LogP contribution < -0.4 is 10.0 Å². The third-order valence-corrected chi connectivity index (χ3v) is 6.47. The Morgan fingerprint density at radius 2 is 1.57 bits per heavy atom. The minimum absolute atomic E-state index is 0.165. The number of aryl methyl sites for hydroxylation is 1. The highest BCUT2D eigenvalue weighted by atomic mass is 32.2. The van der Waals surface area contributed by atoms with E-state index in [0.717, 1.165) is 11.1 Å². The fraction of sp³-hybridized carbons (Fsp3) is 0.208. The number of nitrogens with one attached hydrogen (secondary N) is 2. The van der Waals surface area contributed by atoms with Gasteiger partial charge in [-0.2, -0.15) is 0 Å². The maximum absolute atomic E-state index is 12.7.